The molecule has 0 radical (unpaired) electrons. The number of ether oxygens (including phenoxy) is 1. The molecule has 0 aliphatic rings. The third-order valence-corrected chi connectivity index (χ3v) is 1.70. The number of carbonyl (C=O) groups excluding carboxylic acids is 1. The molecule has 1 rings (SSSR count). The van der Waals surface area contributed by atoms with Crippen molar-refractivity contribution in [3.63, 3.8) is 0 Å². The smallest absolute Gasteiger partial charge is 0.372 e. The molecule has 0 aliphatic heterocycles. The molecular weight excluding hydrogens is 174 g/mol. The van der Waals surface area contributed by atoms with E-state index in [1.807, 2.05) is 0 Å². The molecule has 2 N–H and O–H groups in total. The highest BCUT2D eigenvalue weighted by Gasteiger charge is 2.03. The van der Waals surface area contributed by atoms with E-state index in [0.29, 0.717) is 11.4 Å². The Hall–Kier alpha value is -1.16. The minimum Gasteiger partial charge on any atom is -0.416 e. The van der Waals surface area contributed by atoms with E-state index in [9.17, 15) is 4.79 Å². The summed E-state index contributed by atoms with van der Waals surface area (Å²) in [7, 11) is 0. The van der Waals surface area contributed by atoms with Gasteiger partial charge < -0.3 is 10.5 Å². The van der Waals surface area contributed by atoms with Gasteiger partial charge in [0.25, 0.3) is 0 Å². The van der Waals surface area contributed by atoms with Crippen LogP contribution in [-0.4, -0.2) is 11.6 Å². The van der Waals surface area contributed by atoms with E-state index >= 15 is 0 Å². The van der Waals surface area contributed by atoms with Crippen molar-refractivity contribution in [2.75, 3.05) is 12.0 Å². The second kappa shape index (κ2) is 4.01. The number of benzene rings is 1. The van der Waals surface area contributed by atoms with Crippen LogP contribution in [0.2, 0.25) is 0 Å². The Bertz CT molecular complexity index is 288. The van der Waals surface area contributed by atoms with Crippen molar-refractivity contribution >= 4 is 22.8 Å². The SMILES string of the molecule is CSC(=O)Oc1ccccc1N. The largest absolute Gasteiger partial charge is 0.416 e. The Morgan fingerprint density at radius 3 is 2.75 bits per heavy atom. The van der Waals surface area contributed by atoms with Crippen LogP contribution in [0.1, 0.15) is 0 Å². The average Bonchev–Trinajstić information content (AvgIpc) is 2.09. The van der Waals surface area contributed by atoms with E-state index in [2.05, 4.69) is 0 Å². The lowest BCUT2D eigenvalue weighted by atomic mass is 10.3. The molecule has 0 saturated carbocycles. The summed E-state index contributed by atoms with van der Waals surface area (Å²) in [5, 5.41) is -0.354. The highest BCUT2D eigenvalue weighted by molar-refractivity contribution is 8.12. The zero-order chi connectivity index (χ0) is 8.97. The number of anilines is 1. The van der Waals surface area contributed by atoms with E-state index in [1.165, 1.54) is 0 Å². The van der Waals surface area contributed by atoms with Gasteiger partial charge in [-0.3, -0.25) is 0 Å². The van der Waals surface area contributed by atoms with Crippen LogP contribution in [0.4, 0.5) is 10.5 Å². The van der Waals surface area contributed by atoms with Gasteiger partial charge in [-0.1, -0.05) is 12.1 Å². The molecule has 0 heterocycles. The molecule has 0 aromatic heterocycles. The Kier molecular flexibility index (Phi) is 2.99. The summed E-state index contributed by atoms with van der Waals surface area (Å²) in [5.41, 5.74) is 6.01. The Morgan fingerprint density at radius 1 is 1.50 bits per heavy atom. The first-order valence-corrected chi connectivity index (χ1v) is 4.57. The Morgan fingerprint density at radius 2 is 2.17 bits per heavy atom. The van der Waals surface area contributed by atoms with Crippen molar-refractivity contribution in [2.24, 2.45) is 0 Å². The molecule has 1 aromatic rings. The fraction of sp³-hybridized carbons (Fsp3) is 0.125. The van der Waals surface area contributed by atoms with Crippen LogP contribution in [0.3, 0.4) is 0 Å². The Labute approximate surface area is 74.9 Å². The Balaban J connectivity index is 2.75. The van der Waals surface area contributed by atoms with E-state index in [0.717, 1.165) is 11.8 Å². The molecule has 4 heteroatoms. The minimum absolute atomic E-state index is 0.354. The maximum atomic E-state index is 10.8. The van der Waals surface area contributed by atoms with Crippen molar-refractivity contribution < 1.29 is 9.53 Å². The topological polar surface area (TPSA) is 52.3 Å². The number of rotatable bonds is 1. The zero-order valence-corrected chi connectivity index (χ0v) is 7.43. The van der Waals surface area contributed by atoms with Crippen LogP contribution < -0.4 is 10.5 Å². The summed E-state index contributed by atoms with van der Waals surface area (Å²) in [6, 6.07) is 6.89. The van der Waals surface area contributed by atoms with Gasteiger partial charge in [0.1, 0.15) is 0 Å². The number of thioether (sulfide) groups is 1. The molecule has 0 fully saturated rings. The minimum atomic E-state index is -0.354. The molecule has 0 unspecified atom stereocenters. The number of para-hydroxylation sites is 2. The molecule has 0 atom stereocenters. The fourth-order valence-electron chi connectivity index (χ4n) is 0.705. The predicted octanol–water partition coefficient (Wildman–Crippen LogP) is 2.13. The second-order valence-electron chi connectivity index (χ2n) is 2.09. The summed E-state index contributed by atoms with van der Waals surface area (Å²) in [4.78, 5) is 10.8. The first-order valence-electron chi connectivity index (χ1n) is 3.34. The molecule has 1 aromatic carbocycles. The molecule has 0 amide bonds. The van der Waals surface area contributed by atoms with Crippen molar-refractivity contribution in [2.45, 2.75) is 0 Å². The van der Waals surface area contributed by atoms with E-state index < -0.39 is 0 Å². The first-order chi connectivity index (χ1) is 5.74. The van der Waals surface area contributed by atoms with Crippen molar-refractivity contribution in [3.8, 4) is 5.75 Å². The summed E-state index contributed by atoms with van der Waals surface area (Å²) in [5.74, 6) is 0.414. The molecule has 12 heavy (non-hydrogen) atoms. The van der Waals surface area contributed by atoms with Crippen molar-refractivity contribution in [1.82, 2.24) is 0 Å². The zero-order valence-electron chi connectivity index (χ0n) is 6.61. The normalized spacial score (nSPS) is 9.42. The fourth-order valence-corrected chi connectivity index (χ4v) is 0.878. The lowest BCUT2D eigenvalue weighted by molar-refractivity contribution is 0.227. The maximum Gasteiger partial charge on any atom is 0.372 e. The standard InChI is InChI=1S/C8H9NO2S/c1-12-8(10)11-7-5-3-2-4-6(7)9/h2-5H,9H2,1H3. The van der Waals surface area contributed by atoms with Crippen LogP contribution >= 0.6 is 11.8 Å². The molecule has 0 aliphatic carbocycles. The number of hydrogen-bond donors (Lipinski definition) is 1. The van der Waals surface area contributed by atoms with Gasteiger partial charge in [-0.2, -0.15) is 0 Å². The van der Waals surface area contributed by atoms with Gasteiger partial charge in [0.15, 0.2) is 5.75 Å². The van der Waals surface area contributed by atoms with Crippen molar-refractivity contribution in [3.05, 3.63) is 24.3 Å². The van der Waals surface area contributed by atoms with Gasteiger partial charge in [-0.05, 0) is 30.2 Å². The lowest BCUT2D eigenvalue weighted by Crippen LogP contribution is -2.01. The number of hydrogen-bond acceptors (Lipinski definition) is 4. The van der Waals surface area contributed by atoms with Gasteiger partial charge in [0.05, 0.1) is 5.69 Å². The third-order valence-electron chi connectivity index (χ3n) is 1.28. The highest BCUT2D eigenvalue weighted by Crippen LogP contribution is 2.21. The highest BCUT2D eigenvalue weighted by atomic mass is 32.2. The van der Waals surface area contributed by atoms with Gasteiger partial charge in [-0.15, -0.1) is 0 Å². The van der Waals surface area contributed by atoms with Gasteiger partial charge >= 0.3 is 5.30 Å². The molecule has 3 nitrogen and oxygen atoms in total. The van der Waals surface area contributed by atoms with Crippen molar-refractivity contribution in [1.29, 1.82) is 0 Å². The molecule has 0 bridgehead atoms. The molecule has 64 valence electrons. The van der Waals surface area contributed by atoms with Gasteiger partial charge in [0.2, 0.25) is 0 Å². The van der Waals surface area contributed by atoms with Crippen LogP contribution in [0.5, 0.6) is 5.75 Å². The summed E-state index contributed by atoms with van der Waals surface area (Å²) in [6.45, 7) is 0. The lowest BCUT2D eigenvalue weighted by Gasteiger charge is -2.03. The summed E-state index contributed by atoms with van der Waals surface area (Å²) >= 11 is 1.01. The second-order valence-corrected chi connectivity index (χ2v) is 2.84. The molecule has 0 spiro atoms. The quantitative estimate of drug-likeness (QED) is 0.535. The van der Waals surface area contributed by atoms with Gasteiger partial charge in [-0.25, -0.2) is 4.79 Å². The number of nitrogen functional groups attached to an aromatic ring is 1. The number of nitrogens with two attached hydrogens (primary N) is 1. The average molecular weight is 183 g/mol. The van der Waals surface area contributed by atoms with E-state index in [4.69, 9.17) is 10.5 Å². The maximum absolute atomic E-state index is 10.8. The third kappa shape index (κ3) is 2.17. The summed E-state index contributed by atoms with van der Waals surface area (Å²) < 4.78 is 4.89. The predicted molar refractivity (Wildman–Crippen MR) is 50.4 cm³/mol. The van der Waals surface area contributed by atoms with E-state index in [-0.39, 0.29) is 5.30 Å². The molecule has 0 saturated heterocycles. The van der Waals surface area contributed by atoms with E-state index in [1.54, 1.807) is 30.5 Å². The van der Waals surface area contributed by atoms with Crippen LogP contribution in [0, 0.1) is 0 Å². The number of carbonyl (C=O) groups is 1. The van der Waals surface area contributed by atoms with Gasteiger partial charge in [0, 0.05) is 0 Å². The monoisotopic (exact) mass is 183 g/mol. The van der Waals surface area contributed by atoms with Crippen LogP contribution in [-0.2, 0) is 0 Å². The van der Waals surface area contributed by atoms with Crippen LogP contribution in [0.15, 0.2) is 24.3 Å². The van der Waals surface area contributed by atoms with Crippen LogP contribution in [0.25, 0.3) is 0 Å². The first kappa shape index (κ1) is 8.93. The summed E-state index contributed by atoms with van der Waals surface area (Å²) in [6.07, 6.45) is 1.65. The molecular formula is C8H9NO2S.